The van der Waals surface area contributed by atoms with Crippen LogP contribution in [0.2, 0.25) is 5.02 Å². The number of hydrogen-bond donors (Lipinski definition) is 1. The summed E-state index contributed by atoms with van der Waals surface area (Å²) in [7, 11) is 0. The third-order valence-electron chi connectivity index (χ3n) is 3.82. The Morgan fingerprint density at radius 1 is 1.33 bits per heavy atom. The summed E-state index contributed by atoms with van der Waals surface area (Å²) in [6, 6.07) is 10.1. The van der Waals surface area contributed by atoms with Gasteiger partial charge in [0, 0.05) is 22.0 Å². The van der Waals surface area contributed by atoms with Gasteiger partial charge in [0.05, 0.1) is 6.61 Å². The fourth-order valence-electron chi connectivity index (χ4n) is 2.78. The van der Waals surface area contributed by atoms with Crippen molar-refractivity contribution in [2.24, 2.45) is 5.73 Å². The molecule has 4 heteroatoms. The van der Waals surface area contributed by atoms with Gasteiger partial charge in [-0.05, 0) is 53.8 Å². The smallest absolute Gasteiger partial charge is 0.125 e. The number of hydrogen-bond acceptors (Lipinski definition) is 2. The highest BCUT2D eigenvalue weighted by Gasteiger charge is 2.20. The highest BCUT2D eigenvalue weighted by Crippen LogP contribution is 2.35. The van der Waals surface area contributed by atoms with Crippen molar-refractivity contribution >= 4 is 27.5 Å². The molecule has 1 aliphatic rings. The number of fused-ring (bicyclic) bond motifs is 1. The van der Waals surface area contributed by atoms with Crippen LogP contribution < -0.4 is 10.5 Å². The SMILES string of the molecule is Cc1ccc(C(N)Cc2cc(Br)cc3c2OCC3)c(Cl)c1. The Bertz CT molecular complexity index is 687. The third kappa shape index (κ3) is 3.10. The Labute approximate surface area is 138 Å². The zero-order valence-corrected chi connectivity index (χ0v) is 14.2. The lowest BCUT2D eigenvalue weighted by atomic mass is 9.97. The molecule has 0 aromatic heterocycles. The van der Waals surface area contributed by atoms with E-state index < -0.39 is 0 Å². The summed E-state index contributed by atoms with van der Waals surface area (Å²) in [4.78, 5) is 0. The number of halogens is 2. The molecule has 110 valence electrons. The minimum absolute atomic E-state index is 0.138. The number of aryl methyl sites for hydroxylation is 1. The standard InChI is InChI=1S/C17H17BrClNO/c1-10-2-3-14(15(19)6-10)16(20)9-12-8-13(18)7-11-4-5-21-17(11)12/h2-3,6-8,16H,4-5,9,20H2,1H3. The van der Waals surface area contributed by atoms with Crippen LogP contribution in [0, 0.1) is 6.92 Å². The molecule has 1 unspecified atom stereocenters. The van der Waals surface area contributed by atoms with E-state index in [1.165, 1.54) is 5.56 Å². The molecule has 0 aliphatic carbocycles. The molecule has 1 heterocycles. The summed E-state index contributed by atoms with van der Waals surface area (Å²) in [5, 5.41) is 0.732. The van der Waals surface area contributed by atoms with E-state index in [0.717, 1.165) is 45.0 Å². The summed E-state index contributed by atoms with van der Waals surface area (Å²) < 4.78 is 6.83. The van der Waals surface area contributed by atoms with Gasteiger partial charge in [-0.3, -0.25) is 0 Å². The predicted molar refractivity (Wildman–Crippen MR) is 90.2 cm³/mol. The Morgan fingerprint density at radius 3 is 2.90 bits per heavy atom. The van der Waals surface area contributed by atoms with Crippen LogP contribution in [0.3, 0.4) is 0 Å². The van der Waals surface area contributed by atoms with E-state index in [2.05, 4.69) is 28.1 Å². The molecule has 3 rings (SSSR count). The first-order valence-electron chi connectivity index (χ1n) is 7.00. The third-order valence-corrected chi connectivity index (χ3v) is 4.61. The Balaban J connectivity index is 1.90. The quantitative estimate of drug-likeness (QED) is 0.862. The molecular formula is C17H17BrClNO. The number of rotatable bonds is 3. The largest absolute Gasteiger partial charge is 0.493 e. The van der Waals surface area contributed by atoms with E-state index in [0.29, 0.717) is 6.42 Å². The minimum Gasteiger partial charge on any atom is -0.493 e. The molecule has 0 bridgehead atoms. The van der Waals surface area contributed by atoms with Gasteiger partial charge >= 0.3 is 0 Å². The van der Waals surface area contributed by atoms with Gasteiger partial charge in [0.25, 0.3) is 0 Å². The lowest BCUT2D eigenvalue weighted by Crippen LogP contribution is -2.14. The monoisotopic (exact) mass is 365 g/mol. The van der Waals surface area contributed by atoms with Gasteiger partial charge < -0.3 is 10.5 Å². The predicted octanol–water partition coefficient (Wildman–Crippen LogP) is 4.59. The maximum absolute atomic E-state index is 6.37. The van der Waals surface area contributed by atoms with Gasteiger partial charge in [-0.15, -0.1) is 0 Å². The Kier molecular flexibility index (Phi) is 4.25. The molecule has 2 aromatic carbocycles. The van der Waals surface area contributed by atoms with Crippen molar-refractivity contribution in [2.75, 3.05) is 6.61 Å². The average molecular weight is 367 g/mol. The lowest BCUT2D eigenvalue weighted by molar-refractivity contribution is 0.352. The van der Waals surface area contributed by atoms with E-state index >= 15 is 0 Å². The molecule has 21 heavy (non-hydrogen) atoms. The molecule has 0 radical (unpaired) electrons. The Morgan fingerprint density at radius 2 is 2.14 bits per heavy atom. The molecule has 1 atom stereocenters. The first-order valence-corrected chi connectivity index (χ1v) is 8.17. The second kappa shape index (κ2) is 5.99. The number of ether oxygens (including phenoxy) is 1. The van der Waals surface area contributed by atoms with Crippen LogP contribution >= 0.6 is 27.5 Å². The molecule has 2 nitrogen and oxygen atoms in total. The van der Waals surface area contributed by atoms with Crippen molar-refractivity contribution < 1.29 is 4.74 Å². The molecule has 0 saturated heterocycles. The molecule has 2 N–H and O–H groups in total. The van der Waals surface area contributed by atoms with Crippen LogP contribution in [0.15, 0.2) is 34.8 Å². The van der Waals surface area contributed by atoms with Crippen LogP contribution in [0.1, 0.15) is 28.3 Å². The summed E-state index contributed by atoms with van der Waals surface area (Å²) in [6.07, 6.45) is 1.67. The summed E-state index contributed by atoms with van der Waals surface area (Å²) in [5.74, 6) is 0.997. The van der Waals surface area contributed by atoms with Gasteiger partial charge in [0.15, 0.2) is 0 Å². The van der Waals surface area contributed by atoms with Crippen molar-refractivity contribution in [2.45, 2.75) is 25.8 Å². The minimum atomic E-state index is -0.138. The second-order valence-corrected chi connectivity index (χ2v) is 6.81. The average Bonchev–Trinajstić information content (AvgIpc) is 2.86. The fraction of sp³-hybridized carbons (Fsp3) is 0.294. The number of nitrogens with two attached hydrogens (primary N) is 1. The normalized spacial score (nSPS) is 14.7. The first kappa shape index (κ1) is 14.9. The van der Waals surface area contributed by atoms with Gasteiger partial charge in [0.1, 0.15) is 5.75 Å². The molecule has 1 aliphatic heterocycles. The molecule has 0 fully saturated rings. The maximum Gasteiger partial charge on any atom is 0.125 e. The molecular weight excluding hydrogens is 350 g/mol. The van der Waals surface area contributed by atoms with Crippen LogP contribution in [-0.4, -0.2) is 6.61 Å². The second-order valence-electron chi connectivity index (χ2n) is 5.49. The first-order chi connectivity index (χ1) is 10.0. The van der Waals surface area contributed by atoms with Crippen LogP contribution in [-0.2, 0) is 12.8 Å². The fourth-order valence-corrected chi connectivity index (χ4v) is 3.71. The highest BCUT2D eigenvalue weighted by molar-refractivity contribution is 9.10. The van der Waals surface area contributed by atoms with Crippen molar-refractivity contribution in [3.63, 3.8) is 0 Å². The topological polar surface area (TPSA) is 35.2 Å². The molecule has 2 aromatic rings. The molecule has 0 spiro atoms. The van der Waals surface area contributed by atoms with E-state index in [1.54, 1.807) is 0 Å². The van der Waals surface area contributed by atoms with Gasteiger partial charge in [0.2, 0.25) is 0 Å². The summed E-state index contributed by atoms with van der Waals surface area (Å²) in [6.45, 7) is 2.77. The van der Waals surface area contributed by atoms with Crippen molar-refractivity contribution in [1.29, 1.82) is 0 Å². The number of benzene rings is 2. The van der Waals surface area contributed by atoms with Crippen molar-refractivity contribution in [3.8, 4) is 5.75 Å². The van der Waals surface area contributed by atoms with E-state index in [9.17, 15) is 0 Å². The summed E-state index contributed by atoms with van der Waals surface area (Å²) in [5.41, 5.74) is 10.9. The zero-order valence-electron chi connectivity index (χ0n) is 11.8. The van der Waals surface area contributed by atoms with Crippen molar-refractivity contribution in [3.05, 3.63) is 62.1 Å². The van der Waals surface area contributed by atoms with Gasteiger partial charge in [-0.25, -0.2) is 0 Å². The van der Waals surface area contributed by atoms with E-state index in [-0.39, 0.29) is 6.04 Å². The lowest BCUT2D eigenvalue weighted by Gasteiger charge is -2.16. The summed E-state index contributed by atoms with van der Waals surface area (Å²) >= 11 is 9.88. The van der Waals surface area contributed by atoms with Crippen LogP contribution in [0.25, 0.3) is 0 Å². The van der Waals surface area contributed by atoms with Gasteiger partial charge in [-0.2, -0.15) is 0 Å². The van der Waals surface area contributed by atoms with Crippen LogP contribution in [0.4, 0.5) is 0 Å². The highest BCUT2D eigenvalue weighted by atomic mass is 79.9. The van der Waals surface area contributed by atoms with E-state index in [4.69, 9.17) is 22.1 Å². The maximum atomic E-state index is 6.37. The zero-order chi connectivity index (χ0) is 15.0. The van der Waals surface area contributed by atoms with Crippen LogP contribution in [0.5, 0.6) is 5.75 Å². The van der Waals surface area contributed by atoms with E-state index in [1.807, 2.05) is 25.1 Å². The van der Waals surface area contributed by atoms with Crippen molar-refractivity contribution in [1.82, 2.24) is 0 Å². The Hall–Kier alpha value is -1.03. The molecule has 0 saturated carbocycles. The van der Waals surface area contributed by atoms with Gasteiger partial charge in [-0.1, -0.05) is 39.7 Å². The molecule has 0 amide bonds.